The van der Waals surface area contributed by atoms with Gasteiger partial charge in [-0.15, -0.1) is 0 Å². The number of hydrogen-bond acceptors (Lipinski definition) is 4. The van der Waals surface area contributed by atoms with E-state index >= 15 is 0 Å². The second-order valence-electron chi connectivity index (χ2n) is 5.65. The second-order valence-corrected chi connectivity index (χ2v) is 5.65. The molecule has 0 bridgehead atoms. The molecule has 2 atom stereocenters. The predicted octanol–water partition coefficient (Wildman–Crippen LogP) is 3.57. The first-order valence-corrected chi connectivity index (χ1v) is 7.62. The SMILES string of the molecule is CC(CC(O)c1ccco1)NCc1ccc(F)c2cccnc12. The average Bonchev–Trinajstić information content (AvgIpc) is 3.09. The second kappa shape index (κ2) is 6.89. The summed E-state index contributed by atoms with van der Waals surface area (Å²) in [6.45, 7) is 2.55. The zero-order valence-electron chi connectivity index (χ0n) is 12.9. The minimum Gasteiger partial charge on any atom is -0.467 e. The van der Waals surface area contributed by atoms with Gasteiger partial charge in [-0.2, -0.15) is 0 Å². The van der Waals surface area contributed by atoms with Gasteiger partial charge >= 0.3 is 0 Å². The van der Waals surface area contributed by atoms with Crippen LogP contribution in [0.3, 0.4) is 0 Å². The van der Waals surface area contributed by atoms with Gasteiger partial charge in [-0.25, -0.2) is 4.39 Å². The third-order valence-electron chi connectivity index (χ3n) is 3.89. The summed E-state index contributed by atoms with van der Waals surface area (Å²) in [5.74, 6) is 0.297. The number of pyridine rings is 1. The molecular formula is C18H19FN2O2. The van der Waals surface area contributed by atoms with Crippen molar-refractivity contribution in [2.24, 2.45) is 0 Å². The Labute approximate surface area is 134 Å². The predicted molar refractivity (Wildman–Crippen MR) is 86.3 cm³/mol. The number of rotatable bonds is 6. The molecule has 4 nitrogen and oxygen atoms in total. The Morgan fingerprint density at radius 3 is 2.91 bits per heavy atom. The summed E-state index contributed by atoms with van der Waals surface area (Å²) < 4.78 is 19.0. The van der Waals surface area contributed by atoms with Crippen molar-refractivity contribution in [1.82, 2.24) is 10.3 Å². The standard InChI is InChI=1S/C18H19FN2O2/c1-12(10-16(22)17-5-3-9-23-17)21-11-13-6-7-15(19)14-4-2-8-20-18(13)14/h2-9,12,16,21-22H,10-11H2,1H3. The fraction of sp³-hybridized carbons (Fsp3) is 0.278. The molecule has 5 heteroatoms. The number of halogens is 1. The molecule has 0 aliphatic heterocycles. The molecule has 3 rings (SSSR count). The highest BCUT2D eigenvalue weighted by Crippen LogP contribution is 2.21. The maximum absolute atomic E-state index is 13.8. The lowest BCUT2D eigenvalue weighted by Gasteiger charge is -2.17. The smallest absolute Gasteiger partial charge is 0.132 e. The zero-order valence-corrected chi connectivity index (χ0v) is 12.9. The van der Waals surface area contributed by atoms with Crippen LogP contribution in [0.4, 0.5) is 4.39 Å². The number of aromatic nitrogens is 1. The van der Waals surface area contributed by atoms with Gasteiger partial charge in [0.25, 0.3) is 0 Å². The maximum Gasteiger partial charge on any atom is 0.132 e. The molecule has 0 fully saturated rings. The van der Waals surface area contributed by atoms with Crippen LogP contribution in [-0.4, -0.2) is 16.1 Å². The van der Waals surface area contributed by atoms with Crippen LogP contribution in [0.15, 0.2) is 53.3 Å². The lowest BCUT2D eigenvalue weighted by atomic mass is 10.1. The molecule has 120 valence electrons. The van der Waals surface area contributed by atoms with Gasteiger partial charge in [0.05, 0.1) is 11.8 Å². The van der Waals surface area contributed by atoms with Crippen LogP contribution in [0.1, 0.15) is 30.8 Å². The molecule has 1 aromatic carbocycles. The highest BCUT2D eigenvalue weighted by atomic mass is 19.1. The monoisotopic (exact) mass is 314 g/mol. The highest BCUT2D eigenvalue weighted by Gasteiger charge is 2.15. The van der Waals surface area contributed by atoms with Gasteiger partial charge in [0.2, 0.25) is 0 Å². The Bertz CT molecular complexity index is 774. The van der Waals surface area contributed by atoms with Crippen LogP contribution in [0, 0.1) is 5.82 Å². The Balaban J connectivity index is 1.65. The van der Waals surface area contributed by atoms with E-state index in [0.29, 0.717) is 29.6 Å². The van der Waals surface area contributed by atoms with Crippen LogP contribution >= 0.6 is 0 Å². The van der Waals surface area contributed by atoms with E-state index in [9.17, 15) is 9.50 Å². The zero-order chi connectivity index (χ0) is 16.2. The third kappa shape index (κ3) is 3.57. The fourth-order valence-corrected chi connectivity index (χ4v) is 2.64. The van der Waals surface area contributed by atoms with Crippen molar-refractivity contribution in [3.63, 3.8) is 0 Å². The molecule has 0 saturated heterocycles. The minimum absolute atomic E-state index is 0.0684. The summed E-state index contributed by atoms with van der Waals surface area (Å²) in [6, 6.07) is 10.2. The van der Waals surface area contributed by atoms with E-state index in [1.807, 2.05) is 6.92 Å². The molecule has 0 aliphatic carbocycles. The van der Waals surface area contributed by atoms with Crippen LogP contribution in [0.2, 0.25) is 0 Å². The topological polar surface area (TPSA) is 58.3 Å². The van der Waals surface area contributed by atoms with Gasteiger partial charge in [0.1, 0.15) is 17.7 Å². The number of benzene rings is 1. The summed E-state index contributed by atoms with van der Waals surface area (Å²) in [4.78, 5) is 4.28. The molecule has 23 heavy (non-hydrogen) atoms. The van der Waals surface area contributed by atoms with E-state index in [-0.39, 0.29) is 11.9 Å². The minimum atomic E-state index is -0.643. The number of nitrogens with one attached hydrogen (secondary N) is 1. The van der Waals surface area contributed by atoms with Crippen LogP contribution in [0.25, 0.3) is 10.9 Å². The van der Waals surface area contributed by atoms with Crippen LogP contribution in [-0.2, 0) is 6.54 Å². The Kier molecular flexibility index (Phi) is 4.69. The summed E-state index contributed by atoms with van der Waals surface area (Å²) in [6.07, 6.45) is 3.10. The number of nitrogens with zero attached hydrogens (tertiary/aromatic N) is 1. The average molecular weight is 314 g/mol. The van der Waals surface area contributed by atoms with Gasteiger partial charge in [-0.1, -0.05) is 6.07 Å². The third-order valence-corrected chi connectivity index (χ3v) is 3.89. The number of furan rings is 1. The molecule has 2 aromatic heterocycles. The van der Waals surface area contributed by atoms with E-state index in [4.69, 9.17) is 4.42 Å². The molecule has 0 aliphatic rings. The van der Waals surface area contributed by atoms with E-state index in [1.165, 1.54) is 6.07 Å². The van der Waals surface area contributed by atoms with Crippen molar-refractivity contribution in [3.8, 4) is 0 Å². The van der Waals surface area contributed by atoms with Crippen molar-refractivity contribution in [3.05, 3.63) is 66.0 Å². The van der Waals surface area contributed by atoms with Gasteiger partial charge in [-0.05, 0) is 49.2 Å². The van der Waals surface area contributed by atoms with E-state index in [0.717, 1.165) is 5.56 Å². The Hall–Kier alpha value is -2.24. The first-order valence-electron chi connectivity index (χ1n) is 7.62. The van der Waals surface area contributed by atoms with E-state index in [1.54, 1.807) is 42.8 Å². The molecular weight excluding hydrogens is 295 g/mol. The number of fused-ring (bicyclic) bond motifs is 1. The molecule has 3 aromatic rings. The Morgan fingerprint density at radius 1 is 1.26 bits per heavy atom. The summed E-state index contributed by atoms with van der Waals surface area (Å²) in [5, 5.41) is 14.0. The quantitative estimate of drug-likeness (QED) is 0.730. The van der Waals surface area contributed by atoms with E-state index < -0.39 is 6.10 Å². The maximum atomic E-state index is 13.8. The molecule has 2 heterocycles. The van der Waals surface area contributed by atoms with Crippen LogP contribution in [0.5, 0.6) is 0 Å². The number of hydrogen-bond donors (Lipinski definition) is 2. The summed E-state index contributed by atoms with van der Waals surface area (Å²) >= 11 is 0. The van der Waals surface area contributed by atoms with Crippen molar-refractivity contribution < 1.29 is 13.9 Å². The van der Waals surface area contributed by atoms with Gasteiger partial charge in [0.15, 0.2) is 0 Å². The number of aliphatic hydroxyl groups excluding tert-OH is 1. The normalized spacial score (nSPS) is 14.0. The fourth-order valence-electron chi connectivity index (χ4n) is 2.64. The van der Waals surface area contributed by atoms with Crippen molar-refractivity contribution in [1.29, 1.82) is 0 Å². The highest BCUT2D eigenvalue weighted by molar-refractivity contribution is 5.82. The molecule has 0 spiro atoms. The van der Waals surface area contributed by atoms with Crippen molar-refractivity contribution >= 4 is 10.9 Å². The van der Waals surface area contributed by atoms with Crippen molar-refractivity contribution in [2.75, 3.05) is 0 Å². The summed E-state index contributed by atoms with van der Waals surface area (Å²) in [7, 11) is 0. The lowest BCUT2D eigenvalue weighted by Crippen LogP contribution is -2.27. The van der Waals surface area contributed by atoms with Gasteiger partial charge < -0.3 is 14.8 Å². The lowest BCUT2D eigenvalue weighted by molar-refractivity contribution is 0.128. The van der Waals surface area contributed by atoms with Gasteiger partial charge in [-0.3, -0.25) is 4.98 Å². The molecule has 0 saturated carbocycles. The van der Waals surface area contributed by atoms with Crippen molar-refractivity contribution in [2.45, 2.75) is 32.0 Å². The molecule has 0 radical (unpaired) electrons. The number of aliphatic hydroxyl groups is 1. The first kappa shape index (κ1) is 15.6. The van der Waals surface area contributed by atoms with Crippen LogP contribution < -0.4 is 5.32 Å². The van der Waals surface area contributed by atoms with Gasteiger partial charge in [0, 0.05) is 24.2 Å². The molecule has 2 N–H and O–H groups in total. The van der Waals surface area contributed by atoms with E-state index in [2.05, 4.69) is 10.3 Å². The largest absolute Gasteiger partial charge is 0.467 e. The Morgan fingerprint density at radius 2 is 2.13 bits per heavy atom. The molecule has 0 amide bonds. The first-order chi connectivity index (χ1) is 11.1. The summed E-state index contributed by atoms with van der Waals surface area (Å²) in [5.41, 5.74) is 1.60. The molecule has 2 unspecified atom stereocenters.